The van der Waals surface area contributed by atoms with Crippen molar-refractivity contribution in [1.82, 2.24) is 0 Å². The Morgan fingerprint density at radius 1 is 1.04 bits per heavy atom. The number of benzene rings is 2. The molecule has 0 amide bonds. The van der Waals surface area contributed by atoms with Crippen LogP contribution in [0.15, 0.2) is 45.1 Å². The monoisotopic (exact) mass is 478 g/mol. The second-order valence-electron chi connectivity index (χ2n) is 5.28. The van der Waals surface area contributed by atoms with Gasteiger partial charge in [-0.15, -0.1) is 11.3 Å². The molecule has 9 heteroatoms. The lowest BCUT2D eigenvalue weighted by Gasteiger charge is -2.15. The maximum Gasteiger partial charge on any atom is 0.184 e. The standard InChI is InChI=1S/C17H11BrClF3N2S2/c1-8-2-4-12(11(21)6-8)23-16-13(5-3-10(20)15(16)22)24-26-14-7-9(18)17(19)25-14/h2-7,23-24H,1H3. The van der Waals surface area contributed by atoms with Crippen LogP contribution >= 0.6 is 50.8 Å². The van der Waals surface area contributed by atoms with Crippen molar-refractivity contribution >= 4 is 67.9 Å². The molecule has 136 valence electrons. The van der Waals surface area contributed by atoms with Crippen molar-refractivity contribution in [3.05, 3.63) is 68.2 Å². The summed E-state index contributed by atoms with van der Waals surface area (Å²) in [6.45, 7) is 1.74. The van der Waals surface area contributed by atoms with Crippen molar-refractivity contribution < 1.29 is 13.2 Å². The zero-order valence-electron chi connectivity index (χ0n) is 13.2. The van der Waals surface area contributed by atoms with Crippen LogP contribution < -0.4 is 10.0 Å². The molecule has 0 unspecified atom stereocenters. The van der Waals surface area contributed by atoms with Crippen molar-refractivity contribution in [1.29, 1.82) is 0 Å². The summed E-state index contributed by atoms with van der Waals surface area (Å²) in [6, 6.07) is 8.65. The van der Waals surface area contributed by atoms with Gasteiger partial charge < -0.3 is 10.0 Å². The first-order valence-corrected chi connectivity index (χ1v) is 10.0. The molecule has 1 heterocycles. The number of rotatable bonds is 5. The largest absolute Gasteiger partial charge is 0.349 e. The van der Waals surface area contributed by atoms with Gasteiger partial charge in [-0.3, -0.25) is 0 Å². The molecule has 0 fully saturated rings. The summed E-state index contributed by atoms with van der Waals surface area (Å²) < 4.78 is 47.2. The second kappa shape index (κ2) is 8.12. The fourth-order valence-electron chi connectivity index (χ4n) is 2.10. The van der Waals surface area contributed by atoms with Crippen LogP contribution in [0.5, 0.6) is 0 Å². The number of anilines is 3. The molecular weight excluding hydrogens is 469 g/mol. The lowest BCUT2D eigenvalue weighted by molar-refractivity contribution is 0.512. The normalized spacial score (nSPS) is 10.8. The van der Waals surface area contributed by atoms with Crippen molar-refractivity contribution in [3.63, 3.8) is 0 Å². The van der Waals surface area contributed by atoms with Gasteiger partial charge in [0.2, 0.25) is 0 Å². The SMILES string of the molecule is Cc1ccc(Nc2c(NSc3cc(Br)c(Cl)s3)ccc(F)c2F)c(F)c1. The molecule has 3 aromatic rings. The van der Waals surface area contributed by atoms with Gasteiger partial charge in [0.1, 0.15) is 15.8 Å². The van der Waals surface area contributed by atoms with Crippen LogP contribution in [0, 0.1) is 24.4 Å². The Kier molecular flexibility index (Phi) is 6.06. The minimum absolute atomic E-state index is 0.0510. The van der Waals surface area contributed by atoms with Gasteiger partial charge in [0, 0.05) is 4.47 Å². The lowest BCUT2D eigenvalue weighted by Crippen LogP contribution is -2.02. The van der Waals surface area contributed by atoms with Gasteiger partial charge in [-0.2, -0.15) is 0 Å². The Balaban J connectivity index is 1.89. The molecule has 0 atom stereocenters. The molecule has 26 heavy (non-hydrogen) atoms. The Hall–Kier alpha value is -1.35. The molecule has 0 saturated heterocycles. The molecular formula is C17H11BrClF3N2S2. The van der Waals surface area contributed by atoms with Crippen LogP contribution in [0.4, 0.5) is 30.2 Å². The first-order chi connectivity index (χ1) is 12.3. The molecule has 3 rings (SSSR count). The van der Waals surface area contributed by atoms with Gasteiger partial charge >= 0.3 is 0 Å². The fourth-order valence-corrected chi connectivity index (χ4v) is 4.92. The number of aryl methyl sites for hydroxylation is 1. The maximum atomic E-state index is 14.3. The Labute approximate surface area is 170 Å². The summed E-state index contributed by atoms with van der Waals surface area (Å²) >= 11 is 11.8. The topological polar surface area (TPSA) is 24.1 Å². The molecule has 0 bridgehead atoms. The molecule has 1 aromatic heterocycles. The van der Waals surface area contributed by atoms with Crippen molar-refractivity contribution in [2.75, 3.05) is 10.0 Å². The van der Waals surface area contributed by atoms with E-state index in [4.69, 9.17) is 11.6 Å². The van der Waals surface area contributed by atoms with E-state index in [1.165, 1.54) is 41.5 Å². The molecule has 2 N–H and O–H groups in total. The average molecular weight is 480 g/mol. The van der Waals surface area contributed by atoms with E-state index in [2.05, 4.69) is 26.0 Å². The number of halogens is 5. The van der Waals surface area contributed by atoms with Gasteiger partial charge in [0.05, 0.1) is 15.6 Å². The second-order valence-corrected chi connectivity index (χ2v) is 8.90. The van der Waals surface area contributed by atoms with Crippen LogP contribution in [0.1, 0.15) is 5.56 Å². The van der Waals surface area contributed by atoms with Crippen molar-refractivity contribution in [3.8, 4) is 0 Å². The van der Waals surface area contributed by atoms with E-state index in [-0.39, 0.29) is 17.1 Å². The first-order valence-electron chi connectivity index (χ1n) is 7.24. The minimum atomic E-state index is -1.10. The summed E-state index contributed by atoms with van der Waals surface area (Å²) in [5, 5.41) is 2.63. The third-order valence-corrected chi connectivity index (χ3v) is 6.77. The average Bonchev–Trinajstić information content (AvgIpc) is 2.91. The zero-order chi connectivity index (χ0) is 18.8. The highest BCUT2D eigenvalue weighted by Gasteiger charge is 2.16. The highest BCUT2D eigenvalue weighted by atomic mass is 79.9. The van der Waals surface area contributed by atoms with Gasteiger partial charge in [-0.25, -0.2) is 13.2 Å². The molecule has 0 aliphatic heterocycles. The predicted molar refractivity (Wildman–Crippen MR) is 107 cm³/mol. The number of nitrogens with one attached hydrogen (secondary N) is 2. The molecule has 0 saturated carbocycles. The summed E-state index contributed by atoms with van der Waals surface area (Å²) in [7, 11) is 0. The van der Waals surface area contributed by atoms with Gasteiger partial charge in [0.25, 0.3) is 0 Å². The Morgan fingerprint density at radius 3 is 2.42 bits per heavy atom. The zero-order valence-corrected chi connectivity index (χ0v) is 17.1. The van der Waals surface area contributed by atoms with E-state index < -0.39 is 17.5 Å². The maximum absolute atomic E-state index is 14.3. The summed E-state index contributed by atoms with van der Waals surface area (Å²) in [5.41, 5.74) is 0.869. The highest BCUT2D eigenvalue weighted by Crippen LogP contribution is 2.39. The summed E-state index contributed by atoms with van der Waals surface area (Å²) in [4.78, 5) is 0. The molecule has 0 spiro atoms. The number of thiophene rings is 1. The summed E-state index contributed by atoms with van der Waals surface area (Å²) in [6.07, 6.45) is 0. The first kappa shape index (κ1) is 19.4. The smallest absolute Gasteiger partial charge is 0.184 e. The van der Waals surface area contributed by atoms with Crippen molar-refractivity contribution in [2.45, 2.75) is 11.1 Å². The summed E-state index contributed by atoms with van der Waals surface area (Å²) in [5.74, 6) is -2.68. The Morgan fingerprint density at radius 2 is 1.77 bits per heavy atom. The lowest BCUT2D eigenvalue weighted by atomic mass is 10.2. The van der Waals surface area contributed by atoms with E-state index in [0.717, 1.165) is 20.3 Å². The molecule has 0 radical (unpaired) electrons. The van der Waals surface area contributed by atoms with E-state index in [9.17, 15) is 13.2 Å². The third kappa shape index (κ3) is 4.31. The van der Waals surface area contributed by atoms with Gasteiger partial charge in [0.15, 0.2) is 11.6 Å². The molecule has 0 aliphatic rings. The van der Waals surface area contributed by atoms with Gasteiger partial charge in [-0.05, 0) is 70.7 Å². The van der Waals surface area contributed by atoms with Crippen LogP contribution in [0.25, 0.3) is 0 Å². The fraction of sp³-hybridized carbons (Fsp3) is 0.0588. The molecule has 0 aliphatic carbocycles. The number of hydrogen-bond acceptors (Lipinski definition) is 4. The number of hydrogen-bond donors (Lipinski definition) is 2. The Bertz CT molecular complexity index is 946. The van der Waals surface area contributed by atoms with Gasteiger partial charge in [-0.1, -0.05) is 17.7 Å². The van der Waals surface area contributed by atoms with Crippen molar-refractivity contribution in [2.24, 2.45) is 0 Å². The van der Waals surface area contributed by atoms with E-state index >= 15 is 0 Å². The van der Waals surface area contributed by atoms with Crippen LogP contribution in [0.3, 0.4) is 0 Å². The molecule has 2 aromatic carbocycles. The van der Waals surface area contributed by atoms with Crippen LogP contribution in [-0.2, 0) is 0 Å². The third-order valence-electron chi connectivity index (χ3n) is 3.36. The van der Waals surface area contributed by atoms with E-state index in [1.54, 1.807) is 19.1 Å². The predicted octanol–water partition coefficient (Wildman–Crippen LogP) is 7.75. The minimum Gasteiger partial charge on any atom is -0.349 e. The van der Waals surface area contributed by atoms with Crippen LogP contribution in [0.2, 0.25) is 4.34 Å². The molecule has 2 nitrogen and oxygen atoms in total. The van der Waals surface area contributed by atoms with E-state index in [0.29, 0.717) is 4.34 Å². The van der Waals surface area contributed by atoms with Crippen LogP contribution in [-0.4, -0.2) is 0 Å². The quantitative estimate of drug-likeness (QED) is 0.366. The highest BCUT2D eigenvalue weighted by molar-refractivity contribution is 9.10. The van der Waals surface area contributed by atoms with E-state index in [1.807, 2.05) is 0 Å².